The molecule has 7 nitrogen and oxygen atoms in total. The van der Waals surface area contributed by atoms with Gasteiger partial charge in [-0.15, -0.1) is 11.3 Å². The summed E-state index contributed by atoms with van der Waals surface area (Å²) < 4.78 is 10.7. The number of rotatable bonds is 6. The first-order valence-electron chi connectivity index (χ1n) is 9.57. The zero-order chi connectivity index (χ0) is 20.6. The Kier molecular flexibility index (Phi) is 7.24. The standard InChI is InChI=1S/C21H25N3O4S/c1-3-27-21(26)24-12-10-23(11-13-24)20(25)9-6-17-4-7-19(8-5-17)28-14-18-15-29-16(2)22-18/h4-9,15H,3,10-14H2,1-2H3. The minimum Gasteiger partial charge on any atom is -0.487 e. The van der Waals surface area contributed by atoms with Gasteiger partial charge in [0.1, 0.15) is 12.4 Å². The van der Waals surface area contributed by atoms with Crippen LogP contribution in [-0.4, -0.2) is 59.6 Å². The molecule has 1 aliphatic rings. The zero-order valence-corrected chi connectivity index (χ0v) is 17.5. The van der Waals surface area contributed by atoms with Crippen LogP contribution < -0.4 is 4.74 Å². The summed E-state index contributed by atoms with van der Waals surface area (Å²) in [7, 11) is 0. The van der Waals surface area contributed by atoms with E-state index in [1.807, 2.05) is 36.6 Å². The van der Waals surface area contributed by atoms with Gasteiger partial charge in [-0.25, -0.2) is 9.78 Å². The number of carbonyl (C=O) groups excluding carboxylic acids is 2. The van der Waals surface area contributed by atoms with E-state index in [2.05, 4.69) is 4.98 Å². The Balaban J connectivity index is 1.46. The van der Waals surface area contributed by atoms with Gasteiger partial charge in [0.05, 0.1) is 17.3 Å². The second-order valence-corrected chi connectivity index (χ2v) is 7.62. The minimum absolute atomic E-state index is 0.0623. The first kappa shape index (κ1) is 20.9. The van der Waals surface area contributed by atoms with Gasteiger partial charge in [0.15, 0.2) is 0 Å². The van der Waals surface area contributed by atoms with Crippen LogP contribution in [0.25, 0.3) is 6.08 Å². The molecule has 0 radical (unpaired) electrons. The lowest BCUT2D eigenvalue weighted by molar-refractivity contribution is -0.127. The van der Waals surface area contributed by atoms with Crippen LogP contribution in [0.5, 0.6) is 5.75 Å². The molecule has 2 aromatic rings. The van der Waals surface area contributed by atoms with Gasteiger partial charge in [-0.1, -0.05) is 12.1 Å². The first-order valence-corrected chi connectivity index (χ1v) is 10.5. The monoisotopic (exact) mass is 415 g/mol. The summed E-state index contributed by atoms with van der Waals surface area (Å²) in [5, 5.41) is 3.01. The van der Waals surface area contributed by atoms with Crippen molar-refractivity contribution >= 4 is 29.4 Å². The van der Waals surface area contributed by atoms with E-state index in [4.69, 9.17) is 9.47 Å². The number of amides is 2. The van der Waals surface area contributed by atoms with E-state index in [0.29, 0.717) is 39.4 Å². The van der Waals surface area contributed by atoms with Gasteiger partial charge in [0, 0.05) is 37.6 Å². The molecule has 29 heavy (non-hydrogen) atoms. The number of hydrogen-bond acceptors (Lipinski definition) is 6. The maximum absolute atomic E-state index is 12.4. The molecule has 2 heterocycles. The zero-order valence-electron chi connectivity index (χ0n) is 16.7. The lowest BCUT2D eigenvalue weighted by atomic mass is 10.2. The highest BCUT2D eigenvalue weighted by molar-refractivity contribution is 7.09. The molecular formula is C21H25N3O4S. The van der Waals surface area contributed by atoms with Crippen LogP contribution in [0.15, 0.2) is 35.7 Å². The molecular weight excluding hydrogens is 390 g/mol. The molecule has 2 amide bonds. The van der Waals surface area contributed by atoms with Crippen molar-refractivity contribution in [3.05, 3.63) is 52.0 Å². The molecule has 0 bridgehead atoms. The number of carbonyl (C=O) groups is 2. The predicted octanol–water partition coefficient (Wildman–Crippen LogP) is 3.34. The fourth-order valence-electron chi connectivity index (χ4n) is 2.90. The van der Waals surface area contributed by atoms with E-state index >= 15 is 0 Å². The average molecular weight is 416 g/mol. The van der Waals surface area contributed by atoms with Crippen LogP contribution in [0.4, 0.5) is 4.79 Å². The summed E-state index contributed by atoms with van der Waals surface area (Å²) in [5.41, 5.74) is 1.84. The highest BCUT2D eigenvalue weighted by atomic mass is 32.1. The molecule has 3 rings (SSSR count). The van der Waals surface area contributed by atoms with Crippen molar-refractivity contribution in [3.8, 4) is 5.75 Å². The molecule has 1 aromatic carbocycles. The van der Waals surface area contributed by atoms with Crippen molar-refractivity contribution in [2.24, 2.45) is 0 Å². The number of nitrogens with zero attached hydrogens (tertiary/aromatic N) is 3. The van der Waals surface area contributed by atoms with Gasteiger partial charge < -0.3 is 19.3 Å². The summed E-state index contributed by atoms with van der Waals surface area (Å²) in [6.45, 7) is 6.53. The van der Waals surface area contributed by atoms with Crippen molar-refractivity contribution < 1.29 is 19.1 Å². The summed E-state index contributed by atoms with van der Waals surface area (Å²) in [5.74, 6) is 0.696. The van der Waals surface area contributed by atoms with Crippen LogP contribution in [0, 0.1) is 6.92 Å². The Morgan fingerprint density at radius 1 is 1.14 bits per heavy atom. The molecule has 0 spiro atoms. The molecule has 0 N–H and O–H groups in total. The third-order valence-electron chi connectivity index (χ3n) is 4.47. The van der Waals surface area contributed by atoms with Crippen molar-refractivity contribution in [2.75, 3.05) is 32.8 Å². The van der Waals surface area contributed by atoms with Gasteiger partial charge in [-0.05, 0) is 37.6 Å². The average Bonchev–Trinajstić information content (AvgIpc) is 3.16. The van der Waals surface area contributed by atoms with E-state index in [1.54, 1.807) is 40.2 Å². The number of aromatic nitrogens is 1. The first-order chi connectivity index (χ1) is 14.0. The number of thiazole rings is 1. The third-order valence-corrected chi connectivity index (χ3v) is 5.29. The minimum atomic E-state index is -0.317. The summed E-state index contributed by atoms with van der Waals surface area (Å²) >= 11 is 1.60. The summed E-state index contributed by atoms with van der Waals surface area (Å²) in [6, 6.07) is 7.57. The fourth-order valence-corrected chi connectivity index (χ4v) is 3.50. The second kappa shape index (κ2) is 10.1. The topological polar surface area (TPSA) is 72.0 Å². The maximum atomic E-state index is 12.4. The number of benzene rings is 1. The fraction of sp³-hybridized carbons (Fsp3) is 0.381. The van der Waals surface area contributed by atoms with Gasteiger partial charge in [0.25, 0.3) is 0 Å². The van der Waals surface area contributed by atoms with Gasteiger partial charge >= 0.3 is 6.09 Å². The lowest BCUT2D eigenvalue weighted by Crippen LogP contribution is -2.50. The smallest absolute Gasteiger partial charge is 0.409 e. The predicted molar refractivity (Wildman–Crippen MR) is 112 cm³/mol. The van der Waals surface area contributed by atoms with Crippen molar-refractivity contribution in [2.45, 2.75) is 20.5 Å². The third kappa shape index (κ3) is 6.05. The Bertz CT molecular complexity index is 855. The molecule has 0 aliphatic carbocycles. The Morgan fingerprint density at radius 3 is 2.45 bits per heavy atom. The highest BCUT2D eigenvalue weighted by Gasteiger charge is 2.23. The maximum Gasteiger partial charge on any atom is 0.409 e. The SMILES string of the molecule is CCOC(=O)N1CCN(C(=O)C=Cc2ccc(OCc3csc(C)n3)cc2)CC1. The number of piperazine rings is 1. The van der Waals surface area contributed by atoms with Crippen molar-refractivity contribution in [1.82, 2.24) is 14.8 Å². The van der Waals surface area contributed by atoms with E-state index in [1.165, 1.54) is 0 Å². The quantitative estimate of drug-likeness (QED) is 0.677. The van der Waals surface area contributed by atoms with E-state index in [0.717, 1.165) is 22.0 Å². The molecule has 1 aromatic heterocycles. The van der Waals surface area contributed by atoms with Crippen LogP contribution in [0.1, 0.15) is 23.2 Å². The van der Waals surface area contributed by atoms with Crippen LogP contribution in [-0.2, 0) is 16.1 Å². The van der Waals surface area contributed by atoms with Gasteiger partial charge in [0.2, 0.25) is 5.91 Å². The largest absolute Gasteiger partial charge is 0.487 e. The Morgan fingerprint density at radius 2 is 1.83 bits per heavy atom. The second-order valence-electron chi connectivity index (χ2n) is 6.56. The summed E-state index contributed by atoms with van der Waals surface area (Å²) in [4.78, 5) is 31.8. The lowest BCUT2D eigenvalue weighted by Gasteiger charge is -2.33. The van der Waals surface area contributed by atoms with Crippen LogP contribution >= 0.6 is 11.3 Å². The van der Waals surface area contributed by atoms with E-state index < -0.39 is 0 Å². The van der Waals surface area contributed by atoms with E-state index in [9.17, 15) is 9.59 Å². The van der Waals surface area contributed by atoms with Gasteiger partial charge in [-0.3, -0.25) is 4.79 Å². The van der Waals surface area contributed by atoms with Gasteiger partial charge in [-0.2, -0.15) is 0 Å². The molecule has 154 valence electrons. The number of ether oxygens (including phenoxy) is 2. The Hall–Kier alpha value is -2.87. The molecule has 1 fully saturated rings. The van der Waals surface area contributed by atoms with Crippen molar-refractivity contribution in [1.29, 1.82) is 0 Å². The number of aryl methyl sites for hydroxylation is 1. The molecule has 1 aliphatic heterocycles. The normalized spacial score (nSPS) is 14.3. The molecule has 1 saturated heterocycles. The van der Waals surface area contributed by atoms with E-state index in [-0.39, 0.29) is 12.0 Å². The molecule has 0 atom stereocenters. The molecule has 0 unspecified atom stereocenters. The number of hydrogen-bond donors (Lipinski definition) is 0. The van der Waals surface area contributed by atoms with Crippen LogP contribution in [0.3, 0.4) is 0 Å². The molecule has 8 heteroatoms. The van der Waals surface area contributed by atoms with Crippen LogP contribution in [0.2, 0.25) is 0 Å². The molecule has 0 saturated carbocycles. The Labute approximate surface area is 174 Å². The van der Waals surface area contributed by atoms with Crippen molar-refractivity contribution in [3.63, 3.8) is 0 Å². The summed E-state index contributed by atoms with van der Waals surface area (Å²) in [6.07, 6.45) is 3.03. The highest BCUT2D eigenvalue weighted by Crippen LogP contribution is 2.16.